The Kier molecular flexibility index (Phi) is 4.98. The van der Waals surface area contributed by atoms with Gasteiger partial charge in [-0.15, -0.1) is 11.3 Å². The first kappa shape index (κ1) is 23.3. The van der Waals surface area contributed by atoms with Crippen LogP contribution in [0.3, 0.4) is 0 Å². The maximum atomic E-state index is 3.64. The zero-order valence-corrected chi connectivity index (χ0v) is 24.3. The van der Waals surface area contributed by atoms with E-state index in [1.807, 2.05) is 11.3 Å². The van der Waals surface area contributed by atoms with Gasteiger partial charge in [0.2, 0.25) is 0 Å². The predicted molar refractivity (Wildman–Crippen MR) is 182 cm³/mol. The molecule has 7 aromatic carbocycles. The van der Waals surface area contributed by atoms with Crippen molar-refractivity contribution in [2.75, 3.05) is 0 Å². The Labute approximate surface area is 249 Å². The standard InChI is InChI=1S/C38H22BrNS/c39-29-12-16-37-34(22-29)31-14-10-28(21-38(31)41-37)27-11-15-35-32(19-27)33-18-25-7-3-4-8-26(25)20-36(33)40(35)30-13-9-23-5-1-2-6-24(23)17-30/h1-22H. The molecule has 0 unspecified atom stereocenters. The zero-order chi connectivity index (χ0) is 27.1. The van der Waals surface area contributed by atoms with Crippen LogP contribution >= 0.6 is 27.3 Å². The summed E-state index contributed by atoms with van der Waals surface area (Å²) in [6, 6.07) is 49.2. The lowest BCUT2D eigenvalue weighted by Crippen LogP contribution is -1.94. The van der Waals surface area contributed by atoms with Gasteiger partial charge in [0.15, 0.2) is 0 Å². The van der Waals surface area contributed by atoms with Gasteiger partial charge < -0.3 is 4.57 Å². The van der Waals surface area contributed by atoms with E-state index in [0.717, 1.165) is 4.47 Å². The van der Waals surface area contributed by atoms with E-state index in [-0.39, 0.29) is 0 Å². The molecule has 0 bridgehead atoms. The summed E-state index contributed by atoms with van der Waals surface area (Å²) in [7, 11) is 0. The second-order valence-electron chi connectivity index (χ2n) is 10.8. The van der Waals surface area contributed by atoms with Gasteiger partial charge in [0.25, 0.3) is 0 Å². The average Bonchev–Trinajstić information content (AvgIpc) is 3.53. The van der Waals surface area contributed by atoms with Crippen LogP contribution in [0.4, 0.5) is 0 Å². The highest BCUT2D eigenvalue weighted by molar-refractivity contribution is 9.10. The fourth-order valence-electron chi connectivity index (χ4n) is 6.41. The van der Waals surface area contributed by atoms with Crippen molar-refractivity contribution in [1.82, 2.24) is 4.57 Å². The average molecular weight is 605 g/mol. The van der Waals surface area contributed by atoms with Crippen LogP contribution in [0.15, 0.2) is 138 Å². The second kappa shape index (κ2) is 8.78. The molecule has 0 aliphatic rings. The van der Waals surface area contributed by atoms with E-state index in [4.69, 9.17) is 0 Å². The normalized spacial score (nSPS) is 12.0. The van der Waals surface area contributed by atoms with Crippen LogP contribution in [0.5, 0.6) is 0 Å². The van der Waals surface area contributed by atoms with Crippen molar-refractivity contribution >= 4 is 90.8 Å². The molecule has 0 radical (unpaired) electrons. The third kappa shape index (κ3) is 3.59. The summed E-state index contributed by atoms with van der Waals surface area (Å²) in [5.74, 6) is 0. The number of aromatic nitrogens is 1. The lowest BCUT2D eigenvalue weighted by atomic mass is 10.0. The van der Waals surface area contributed by atoms with E-state index in [0.29, 0.717) is 0 Å². The van der Waals surface area contributed by atoms with Gasteiger partial charge >= 0.3 is 0 Å². The van der Waals surface area contributed by atoms with Gasteiger partial charge in [-0.1, -0.05) is 88.7 Å². The fraction of sp³-hybridized carbons (Fsp3) is 0. The molecule has 41 heavy (non-hydrogen) atoms. The summed E-state index contributed by atoms with van der Waals surface area (Å²) < 4.78 is 6.19. The molecule has 0 aliphatic carbocycles. The van der Waals surface area contributed by atoms with E-state index in [2.05, 4.69) is 154 Å². The van der Waals surface area contributed by atoms with Crippen LogP contribution in [0.25, 0.3) is 80.3 Å². The van der Waals surface area contributed by atoms with E-state index in [9.17, 15) is 0 Å². The van der Waals surface area contributed by atoms with Crippen LogP contribution in [0.2, 0.25) is 0 Å². The number of hydrogen-bond acceptors (Lipinski definition) is 1. The van der Waals surface area contributed by atoms with Gasteiger partial charge in [-0.3, -0.25) is 0 Å². The summed E-state index contributed by atoms with van der Waals surface area (Å²) in [5.41, 5.74) is 6.13. The van der Waals surface area contributed by atoms with Crippen molar-refractivity contribution in [2.45, 2.75) is 0 Å². The molecular formula is C38H22BrNS. The summed E-state index contributed by atoms with van der Waals surface area (Å²) >= 11 is 5.51. The Morgan fingerprint density at radius 1 is 0.439 bits per heavy atom. The lowest BCUT2D eigenvalue weighted by molar-refractivity contribution is 1.19. The van der Waals surface area contributed by atoms with Gasteiger partial charge in [-0.05, 0) is 93.3 Å². The molecule has 0 N–H and O–H groups in total. The van der Waals surface area contributed by atoms with Crippen LogP contribution in [-0.2, 0) is 0 Å². The molecule has 0 spiro atoms. The largest absolute Gasteiger partial charge is 0.309 e. The third-order valence-electron chi connectivity index (χ3n) is 8.39. The summed E-state index contributed by atoms with van der Waals surface area (Å²) in [4.78, 5) is 0. The van der Waals surface area contributed by atoms with Crippen molar-refractivity contribution < 1.29 is 0 Å². The molecule has 0 atom stereocenters. The van der Waals surface area contributed by atoms with E-state index >= 15 is 0 Å². The smallest absolute Gasteiger partial charge is 0.0547 e. The van der Waals surface area contributed by atoms with Gasteiger partial charge in [-0.2, -0.15) is 0 Å². The molecule has 2 aromatic heterocycles. The molecule has 9 rings (SSSR count). The van der Waals surface area contributed by atoms with Crippen LogP contribution in [0.1, 0.15) is 0 Å². The molecule has 2 heterocycles. The molecular weight excluding hydrogens is 582 g/mol. The molecule has 192 valence electrons. The summed E-state index contributed by atoms with van der Waals surface area (Å²) in [6.07, 6.45) is 0. The first-order chi connectivity index (χ1) is 20.2. The van der Waals surface area contributed by atoms with Crippen LogP contribution in [-0.4, -0.2) is 4.57 Å². The molecule has 0 aliphatic heterocycles. The maximum absolute atomic E-state index is 3.64. The van der Waals surface area contributed by atoms with E-state index in [1.54, 1.807) is 0 Å². The topological polar surface area (TPSA) is 4.93 Å². The van der Waals surface area contributed by atoms with Crippen LogP contribution in [0, 0.1) is 0 Å². The Balaban J connectivity index is 1.30. The van der Waals surface area contributed by atoms with Gasteiger partial charge in [0, 0.05) is 41.1 Å². The number of benzene rings is 7. The highest BCUT2D eigenvalue weighted by Gasteiger charge is 2.15. The molecule has 0 saturated carbocycles. The van der Waals surface area contributed by atoms with Gasteiger partial charge in [0.05, 0.1) is 11.0 Å². The zero-order valence-electron chi connectivity index (χ0n) is 21.9. The second-order valence-corrected chi connectivity index (χ2v) is 12.8. The number of halogens is 1. The van der Waals surface area contributed by atoms with Crippen molar-refractivity contribution in [1.29, 1.82) is 0 Å². The van der Waals surface area contributed by atoms with Crippen molar-refractivity contribution in [3.63, 3.8) is 0 Å². The minimum atomic E-state index is 1.12. The molecule has 0 saturated heterocycles. The number of thiophene rings is 1. The lowest BCUT2D eigenvalue weighted by Gasteiger charge is -2.10. The molecule has 3 heteroatoms. The highest BCUT2D eigenvalue weighted by atomic mass is 79.9. The minimum absolute atomic E-state index is 1.12. The first-order valence-corrected chi connectivity index (χ1v) is 15.4. The number of rotatable bonds is 2. The van der Waals surface area contributed by atoms with Gasteiger partial charge in [0.1, 0.15) is 0 Å². The molecule has 9 aromatic rings. The predicted octanol–water partition coefficient (Wildman–Crippen LogP) is 11.9. The Morgan fingerprint density at radius 3 is 2.00 bits per heavy atom. The molecule has 1 nitrogen and oxygen atoms in total. The Morgan fingerprint density at radius 2 is 1.15 bits per heavy atom. The van der Waals surface area contributed by atoms with Crippen molar-refractivity contribution in [3.05, 3.63) is 138 Å². The monoisotopic (exact) mass is 603 g/mol. The van der Waals surface area contributed by atoms with Crippen LogP contribution < -0.4 is 0 Å². The quantitative estimate of drug-likeness (QED) is 0.185. The minimum Gasteiger partial charge on any atom is -0.309 e. The SMILES string of the molecule is Brc1ccc2sc3cc(-c4ccc5c(c4)c4cc6ccccc6cc4n5-c4ccc5ccccc5c4)ccc3c2c1. The molecule has 0 amide bonds. The van der Waals surface area contributed by atoms with Crippen molar-refractivity contribution in [3.8, 4) is 16.8 Å². The van der Waals surface area contributed by atoms with Crippen molar-refractivity contribution in [2.24, 2.45) is 0 Å². The van der Waals surface area contributed by atoms with E-state index in [1.165, 1.54) is 80.3 Å². The fourth-order valence-corrected chi connectivity index (χ4v) is 7.89. The van der Waals surface area contributed by atoms with Gasteiger partial charge in [-0.25, -0.2) is 0 Å². The number of nitrogens with zero attached hydrogens (tertiary/aromatic N) is 1. The number of fused-ring (bicyclic) bond motifs is 8. The molecule has 0 fully saturated rings. The Hall–Kier alpha value is -4.44. The Bertz CT molecular complexity index is 2500. The summed E-state index contributed by atoms with van der Waals surface area (Å²) in [5, 5.41) is 10.2. The summed E-state index contributed by atoms with van der Waals surface area (Å²) in [6.45, 7) is 0. The third-order valence-corrected chi connectivity index (χ3v) is 10.0. The maximum Gasteiger partial charge on any atom is 0.0547 e. The highest BCUT2D eigenvalue weighted by Crippen LogP contribution is 2.40. The first-order valence-electron chi connectivity index (χ1n) is 13.8. The van der Waals surface area contributed by atoms with E-state index < -0.39 is 0 Å². The number of hydrogen-bond donors (Lipinski definition) is 0.